The summed E-state index contributed by atoms with van der Waals surface area (Å²) in [6.07, 6.45) is 1.06. The van der Waals surface area contributed by atoms with E-state index in [-0.39, 0.29) is 5.54 Å². The van der Waals surface area contributed by atoms with Gasteiger partial charge in [-0.15, -0.1) is 0 Å². The molecule has 0 aliphatic heterocycles. The number of hydrogen-bond acceptors (Lipinski definition) is 2. The fraction of sp³-hybridized carbons (Fsp3) is 0.600. The van der Waals surface area contributed by atoms with Gasteiger partial charge in [0.15, 0.2) is 0 Å². The second kappa shape index (κ2) is 5.09. The Morgan fingerprint density at radius 3 is 2.41 bits per heavy atom. The van der Waals surface area contributed by atoms with E-state index in [2.05, 4.69) is 46.8 Å². The molecule has 17 heavy (non-hydrogen) atoms. The molecule has 0 radical (unpaired) electrons. The van der Waals surface area contributed by atoms with E-state index < -0.39 is 0 Å². The van der Waals surface area contributed by atoms with Crippen molar-refractivity contribution in [1.82, 2.24) is 0 Å². The molecular formula is C15H25NO. The van der Waals surface area contributed by atoms with Crippen LogP contribution in [0.1, 0.15) is 43.9 Å². The summed E-state index contributed by atoms with van der Waals surface area (Å²) in [7, 11) is 1.71. The lowest BCUT2D eigenvalue weighted by Gasteiger charge is -2.34. The largest absolute Gasteiger partial charge is 0.496 e. The minimum atomic E-state index is -0.349. The van der Waals surface area contributed by atoms with Crippen LogP contribution in [0.2, 0.25) is 0 Å². The van der Waals surface area contributed by atoms with Crippen LogP contribution in [0, 0.1) is 19.8 Å². The molecule has 0 fully saturated rings. The summed E-state index contributed by atoms with van der Waals surface area (Å²) in [4.78, 5) is 0. The van der Waals surface area contributed by atoms with Gasteiger partial charge in [0.25, 0.3) is 0 Å². The lowest BCUT2D eigenvalue weighted by Crippen LogP contribution is -2.40. The van der Waals surface area contributed by atoms with Gasteiger partial charge in [0, 0.05) is 11.1 Å². The Bertz CT molecular complexity index is 396. The van der Waals surface area contributed by atoms with Crippen molar-refractivity contribution < 1.29 is 4.74 Å². The smallest absolute Gasteiger partial charge is 0.124 e. The Hall–Kier alpha value is -1.02. The van der Waals surface area contributed by atoms with Gasteiger partial charge in [0.2, 0.25) is 0 Å². The highest BCUT2D eigenvalue weighted by atomic mass is 16.5. The van der Waals surface area contributed by atoms with Crippen LogP contribution in [0.25, 0.3) is 0 Å². The average molecular weight is 235 g/mol. The second-order valence-corrected chi connectivity index (χ2v) is 5.25. The van der Waals surface area contributed by atoms with Gasteiger partial charge in [-0.2, -0.15) is 0 Å². The van der Waals surface area contributed by atoms with Crippen molar-refractivity contribution in [3.05, 3.63) is 28.8 Å². The summed E-state index contributed by atoms with van der Waals surface area (Å²) < 4.78 is 5.51. The van der Waals surface area contributed by atoms with Crippen molar-refractivity contribution in [2.75, 3.05) is 7.11 Å². The molecule has 1 aromatic carbocycles. The molecule has 1 rings (SSSR count). The minimum Gasteiger partial charge on any atom is -0.496 e. The van der Waals surface area contributed by atoms with Crippen LogP contribution in [-0.4, -0.2) is 7.11 Å². The van der Waals surface area contributed by atoms with Gasteiger partial charge in [0.1, 0.15) is 5.75 Å². The Morgan fingerprint density at radius 1 is 1.35 bits per heavy atom. The van der Waals surface area contributed by atoms with Crippen LogP contribution < -0.4 is 10.5 Å². The van der Waals surface area contributed by atoms with E-state index in [1.807, 2.05) is 0 Å². The number of hydrogen-bond donors (Lipinski definition) is 1. The first-order chi connectivity index (χ1) is 7.84. The monoisotopic (exact) mass is 235 g/mol. The van der Waals surface area contributed by atoms with Crippen molar-refractivity contribution in [3.8, 4) is 5.75 Å². The van der Waals surface area contributed by atoms with E-state index >= 15 is 0 Å². The van der Waals surface area contributed by atoms with Crippen LogP contribution in [0.4, 0.5) is 0 Å². The van der Waals surface area contributed by atoms with Gasteiger partial charge in [-0.25, -0.2) is 0 Å². The maximum Gasteiger partial charge on any atom is 0.124 e. The molecule has 2 unspecified atom stereocenters. The second-order valence-electron chi connectivity index (χ2n) is 5.25. The first-order valence-electron chi connectivity index (χ1n) is 6.29. The molecule has 0 aromatic heterocycles. The number of methoxy groups -OCH3 is 1. The number of ether oxygens (including phenoxy) is 1. The number of benzene rings is 1. The Morgan fingerprint density at radius 2 is 1.94 bits per heavy atom. The van der Waals surface area contributed by atoms with Crippen LogP contribution in [0.3, 0.4) is 0 Å². The topological polar surface area (TPSA) is 35.2 Å². The van der Waals surface area contributed by atoms with Crippen LogP contribution in [0.15, 0.2) is 12.1 Å². The van der Waals surface area contributed by atoms with E-state index in [0.29, 0.717) is 5.92 Å². The molecule has 2 nitrogen and oxygen atoms in total. The normalized spacial score (nSPS) is 16.4. The van der Waals surface area contributed by atoms with E-state index in [1.165, 1.54) is 11.1 Å². The van der Waals surface area contributed by atoms with E-state index in [9.17, 15) is 0 Å². The molecule has 0 aliphatic rings. The van der Waals surface area contributed by atoms with Crippen molar-refractivity contribution >= 4 is 0 Å². The third-order valence-electron chi connectivity index (χ3n) is 3.84. The Balaban J connectivity index is 3.39. The van der Waals surface area contributed by atoms with Gasteiger partial charge in [0.05, 0.1) is 7.11 Å². The molecule has 0 saturated carbocycles. The summed E-state index contributed by atoms with van der Waals surface area (Å²) in [6, 6.07) is 4.24. The zero-order valence-electron chi connectivity index (χ0n) is 11.9. The zero-order valence-corrected chi connectivity index (χ0v) is 11.9. The van der Waals surface area contributed by atoms with Crippen molar-refractivity contribution in [2.24, 2.45) is 11.7 Å². The number of nitrogens with two attached hydrogens (primary N) is 1. The predicted molar refractivity (Wildman–Crippen MR) is 73.5 cm³/mol. The van der Waals surface area contributed by atoms with Gasteiger partial charge in [-0.1, -0.05) is 26.3 Å². The first-order valence-corrected chi connectivity index (χ1v) is 6.29. The maximum atomic E-state index is 6.54. The number of rotatable bonds is 4. The molecule has 2 atom stereocenters. The summed E-state index contributed by atoms with van der Waals surface area (Å²) >= 11 is 0. The van der Waals surface area contributed by atoms with Crippen LogP contribution in [0.5, 0.6) is 5.75 Å². The maximum absolute atomic E-state index is 6.54. The van der Waals surface area contributed by atoms with E-state index in [1.54, 1.807) is 7.11 Å². The molecule has 0 bridgehead atoms. The van der Waals surface area contributed by atoms with Gasteiger partial charge in [-0.3, -0.25) is 0 Å². The SMILES string of the molecule is CCC(C)C(C)(N)c1c(C)cc(C)cc1OC. The molecular weight excluding hydrogens is 210 g/mol. The fourth-order valence-corrected chi connectivity index (χ4v) is 2.45. The summed E-state index contributed by atoms with van der Waals surface area (Å²) in [6.45, 7) is 10.7. The highest BCUT2D eigenvalue weighted by molar-refractivity contribution is 5.47. The fourth-order valence-electron chi connectivity index (χ4n) is 2.45. The minimum absolute atomic E-state index is 0.349. The third-order valence-corrected chi connectivity index (χ3v) is 3.84. The number of aryl methyl sites for hydroxylation is 2. The lowest BCUT2D eigenvalue weighted by atomic mass is 9.77. The lowest BCUT2D eigenvalue weighted by molar-refractivity contribution is 0.298. The Labute approximate surface area is 105 Å². The molecule has 0 saturated heterocycles. The highest BCUT2D eigenvalue weighted by Gasteiger charge is 2.31. The summed E-state index contributed by atoms with van der Waals surface area (Å²) in [5, 5.41) is 0. The summed E-state index contributed by atoms with van der Waals surface area (Å²) in [5.74, 6) is 1.32. The molecule has 0 amide bonds. The molecule has 2 heteroatoms. The Kier molecular flexibility index (Phi) is 4.21. The van der Waals surface area contributed by atoms with E-state index in [0.717, 1.165) is 17.7 Å². The zero-order chi connectivity index (χ0) is 13.2. The van der Waals surface area contributed by atoms with Crippen LogP contribution in [-0.2, 0) is 5.54 Å². The van der Waals surface area contributed by atoms with Crippen molar-refractivity contribution in [3.63, 3.8) is 0 Å². The van der Waals surface area contributed by atoms with Gasteiger partial charge in [-0.05, 0) is 43.9 Å². The molecule has 96 valence electrons. The van der Waals surface area contributed by atoms with Crippen LogP contribution >= 0.6 is 0 Å². The quantitative estimate of drug-likeness (QED) is 0.866. The van der Waals surface area contributed by atoms with Gasteiger partial charge < -0.3 is 10.5 Å². The van der Waals surface area contributed by atoms with Gasteiger partial charge >= 0.3 is 0 Å². The molecule has 0 heterocycles. The third kappa shape index (κ3) is 2.63. The molecule has 0 spiro atoms. The first kappa shape index (κ1) is 14.0. The standard InChI is InChI=1S/C15H25NO/c1-7-12(4)15(5,16)14-11(3)8-10(2)9-13(14)17-6/h8-9,12H,7,16H2,1-6H3. The van der Waals surface area contributed by atoms with Crippen molar-refractivity contribution in [1.29, 1.82) is 0 Å². The summed E-state index contributed by atoms with van der Waals surface area (Å²) in [5.41, 5.74) is 9.76. The van der Waals surface area contributed by atoms with E-state index in [4.69, 9.17) is 10.5 Å². The molecule has 0 aliphatic carbocycles. The highest BCUT2D eigenvalue weighted by Crippen LogP contribution is 2.37. The molecule has 1 aromatic rings. The average Bonchev–Trinajstić information content (AvgIpc) is 2.25. The van der Waals surface area contributed by atoms with Crippen molar-refractivity contribution in [2.45, 2.75) is 46.6 Å². The predicted octanol–water partition coefficient (Wildman–Crippen LogP) is 3.53. The molecule has 2 N–H and O–H groups in total.